The van der Waals surface area contributed by atoms with E-state index in [-0.39, 0.29) is 0 Å². The van der Waals surface area contributed by atoms with Gasteiger partial charge in [0.2, 0.25) is 0 Å². The molecule has 0 radical (unpaired) electrons. The maximum atomic E-state index is 5.19. The third-order valence-corrected chi connectivity index (χ3v) is 7.30. The van der Waals surface area contributed by atoms with Crippen LogP contribution in [0.2, 0.25) is 0 Å². The first-order valence-corrected chi connectivity index (χ1v) is 12.1. The predicted octanol–water partition coefficient (Wildman–Crippen LogP) is 7.80. The summed E-state index contributed by atoms with van der Waals surface area (Å²) in [6.45, 7) is 2.34. The Labute approximate surface area is 179 Å². The minimum Gasteiger partial charge on any atom is -0.497 e. The summed E-state index contributed by atoms with van der Waals surface area (Å²) >= 11 is 0. The van der Waals surface area contributed by atoms with Gasteiger partial charge >= 0.3 is 0 Å². The van der Waals surface area contributed by atoms with E-state index in [2.05, 4.69) is 30.9 Å². The highest BCUT2D eigenvalue weighted by molar-refractivity contribution is 5.40. The van der Waals surface area contributed by atoms with E-state index in [1.165, 1.54) is 77.0 Å². The third-order valence-electron chi connectivity index (χ3n) is 7.30. The Kier molecular flexibility index (Phi) is 9.20. The van der Waals surface area contributed by atoms with Crippen LogP contribution in [-0.4, -0.2) is 7.11 Å². The highest BCUT2D eigenvalue weighted by Gasteiger charge is 2.23. The Hall–Kier alpha value is -1.68. The first-order chi connectivity index (χ1) is 14.3. The summed E-state index contributed by atoms with van der Waals surface area (Å²) in [7, 11) is 1.69. The van der Waals surface area contributed by atoms with Crippen LogP contribution in [0.15, 0.2) is 36.4 Å². The fourth-order valence-corrected chi connectivity index (χ4v) is 5.34. The van der Waals surface area contributed by atoms with Gasteiger partial charge in [0.05, 0.1) is 7.11 Å². The van der Waals surface area contributed by atoms with Crippen molar-refractivity contribution in [3.8, 4) is 17.6 Å². The van der Waals surface area contributed by atoms with E-state index in [0.717, 1.165) is 35.0 Å². The number of ether oxygens (including phenoxy) is 1. The summed E-state index contributed by atoms with van der Waals surface area (Å²) in [6.07, 6.45) is 21.8. The van der Waals surface area contributed by atoms with Gasteiger partial charge in [-0.25, -0.2) is 0 Å². The van der Waals surface area contributed by atoms with E-state index in [4.69, 9.17) is 4.74 Å². The zero-order chi connectivity index (χ0) is 20.3. The number of rotatable bonds is 7. The number of allylic oxidation sites excluding steroid dienone is 2. The fraction of sp³-hybridized carbons (Fsp3) is 0.643. The highest BCUT2D eigenvalue weighted by Crippen LogP contribution is 2.37. The van der Waals surface area contributed by atoms with Gasteiger partial charge < -0.3 is 4.74 Å². The molecule has 2 aliphatic carbocycles. The molecule has 1 nitrogen and oxygen atoms in total. The van der Waals surface area contributed by atoms with Crippen molar-refractivity contribution in [1.82, 2.24) is 0 Å². The van der Waals surface area contributed by atoms with E-state index >= 15 is 0 Å². The average molecular weight is 393 g/mol. The second-order valence-corrected chi connectivity index (χ2v) is 9.39. The molecule has 1 heteroatoms. The molecule has 0 saturated heterocycles. The molecule has 1 aromatic rings. The first kappa shape index (κ1) is 22.0. The molecule has 0 spiro atoms. The standard InChI is InChI=1S/C28H40O/c1-3-6-23-9-13-26(14-10-23)17-18-27-15-11-24(12-16-27)7-4-5-8-25-19-21-28(29-2)22-20-25/h4,7,19-24,26-27H,3,6,9-18H2,1-2H3. The van der Waals surface area contributed by atoms with E-state index in [0.29, 0.717) is 0 Å². The van der Waals surface area contributed by atoms with Gasteiger partial charge in [0.25, 0.3) is 0 Å². The second-order valence-electron chi connectivity index (χ2n) is 9.39. The lowest BCUT2D eigenvalue weighted by Crippen LogP contribution is -2.17. The maximum absolute atomic E-state index is 5.19. The van der Waals surface area contributed by atoms with Gasteiger partial charge in [0.1, 0.15) is 5.75 Å². The SMILES string of the molecule is CCCC1CCC(CCC2CCC(C=CC#Cc3ccc(OC)cc3)CC2)CC1. The molecule has 0 heterocycles. The molecular weight excluding hydrogens is 352 g/mol. The molecule has 2 fully saturated rings. The molecular formula is C28H40O. The molecule has 3 rings (SSSR count). The lowest BCUT2D eigenvalue weighted by atomic mass is 9.75. The second kappa shape index (κ2) is 12.1. The van der Waals surface area contributed by atoms with E-state index < -0.39 is 0 Å². The number of hydrogen-bond acceptors (Lipinski definition) is 1. The first-order valence-electron chi connectivity index (χ1n) is 12.1. The van der Waals surface area contributed by atoms with Crippen LogP contribution >= 0.6 is 0 Å². The van der Waals surface area contributed by atoms with E-state index in [1.54, 1.807) is 7.11 Å². The molecule has 158 valence electrons. The monoisotopic (exact) mass is 392 g/mol. The molecule has 2 aliphatic rings. The molecule has 0 N–H and O–H groups in total. The fourth-order valence-electron chi connectivity index (χ4n) is 5.34. The van der Waals surface area contributed by atoms with Gasteiger partial charge in [-0.2, -0.15) is 0 Å². The number of benzene rings is 1. The van der Waals surface area contributed by atoms with Crippen molar-refractivity contribution in [2.45, 2.75) is 84.0 Å². The Morgan fingerprint density at radius 2 is 1.38 bits per heavy atom. The van der Waals surface area contributed by atoms with Crippen LogP contribution in [0.5, 0.6) is 5.75 Å². The topological polar surface area (TPSA) is 9.23 Å². The quantitative estimate of drug-likeness (QED) is 0.430. The van der Waals surface area contributed by atoms with Crippen LogP contribution in [-0.2, 0) is 0 Å². The number of hydrogen-bond donors (Lipinski definition) is 0. The Balaban J connectivity index is 1.31. The largest absolute Gasteiger partial charge is 0.497 e. The van der Waals surface area contributed by atoms with Gasteiger partial charge in [-0.3, -0.25) is 0 Å². The predicted molar refractivity (Wildman–Crippen MR) is 124 cm³/mol. The van der Waals surface area contributed by atoms with Crippen molar-refractivity contribution < 1.29 is 4.74 Å². The summed E-state index contributed by atoms with van der Waals surface area (Å²) in [6, 6.07) is 7.96. The summed E-state index contributed by atoms with van der Waals surface area (Å²) in [4.78, 5) is 0. The number of methoxy groups -OCH3 is 1. The van der Waals surface area contributed by atoms with Crippen LogP contribution in [0.1, 0.15) is 89.5 Å². The minimum absolute atomic E-state index is 0.737. The van der Waals surface area contributed by atoms with Gasteiger partial charge in [-0.15, -0.1) is 0 Å². The van der Waals surface area contributed by atoms with E-state index in [1.807, 2.05) is 24.3 Å². The van der Waals surface area contributed by atoms with Gasteiger partial charge in [0.15, 0.2) is 0 Å². The van der Waals surface area contributed by atoms with Crippen molar-refractivity contribution in [2.24, 2.45) is 23.7 Å². The van der Waals surface area contributed by atoms with Gasteiger partial charge in [-0.1, -0.05) is 76.2 Å². The zero-order valence-electron chi connectivity index (χ0n) is 18.7. The van der Waals surface area contributed by atoms with Crippen LogP contribution in [0.25, 0.3) is 0 Å². The van der Waals surface area contributed by atoms with Gasteiger partial charge in [-0.05, 0) is 79.7 Å². The smallest absolute Gasteiger partial charge is 0.118 e. The molecule has 2 saturated carbocycles. The summed E-state index contributed by atoms with van der Waals surface area (Å²) in [5.74, 6) is 11.1. The van der Waals surface area contributed by atoms with Crippen molar-refractivity contribution in [3.05, 3.63) is 42.0 Å². The molecule has 0 atom stereocenters. The summed E-state index contributed by atoms with van der Waals surface area (Å²) < 4.78 is 5.19. The molecule has 0 unspecified atom stereocenters. The summed E-state index contributed by atoms with van der Waals surface area (Å²) in [5, 5.41) is 0. The van der Waals surface area contributed by atoms with Crippen LogP contribution < -0.4 is 4.74 Å². The van der Waals surface area contributed by atoms with Crippen LogP contribution in [0.3, 0.4) is 0 Å². The van der Waals surface area contributed by atoms with Crippen molar-refractivity contribution in [1.29, 1.82) is 0 Å². The van der Waals surface area contributed by atoms with Crippen LogP contribution in [0, 0.1) is 35.5 Å². The average Bonchev–Trinajstić information content (AvgIpc) is 2.78. The lowest BCUT2D eigenvalue weighted by Gasteiger charge is -2.31. The highest BCUT2D eigenvalue weighted by atomic mass is 16.5. The molecule has 0 aliphatic heterocycles. The Bertz CT molecular complexity index is 659. The molecule has 0 aromatic heterocycles. The summed E-state index contributed by atoms with van der Waals surface area (Å²) in [5.41, 5.74) is 1.04. The van der Waals surface area contributed by atoms with E-state index in [9.17, 15) is 0 Å². The Morgan fingerprint density at radius 3 is 1.93 bits per heavy atom. The minimum atomic E-state index is 0.737. The maximum Gasteiger partial charge on any atom is 0.118 e. The van der Waals surface area contributed by atoms with Crippen LogP contribution in [0.4, 0.5) is 0 Å². The van der Waals surface area contributed by atoms with Crippen molar-refractivity contribution in [2.75, 3.05) is 7.11 Å². The molecule has 0 amide bonds. The lowest BCUT2D eigenvalue weighted by molar-refractivity contribution is 0.221. The normalized spacial score (nSPS) is 27.4. The zero-order valence-corrected chi connectivity index (χ0v) is 18.7. The van der Waals surface area contributed by atoms with Crippen molar-refractivity contribution >= 4 is 0 Å². The van der Waals surface area contributed by atoms with Gasteiger partial charge in [0, 0.05) is 5.56 Å². The Morgan fingerprint density at radius 1 is 0.828 bits per heavy atom. The van der Waals surface area contributed by atoms with Crippen molar-refractivity contribution in [3.63, 3.8) is 0 Å². The third kappa shape index (κ3) is 7.58. The molecule has 29 heavy (non-hydrogen) atoms. The molecule has 0 bridgehead atoms. The molecule has 1 aromatic carbocycles.